The summed E-state index contributed by atoms with van der Waals surface area (Å²) in [6, 6.07) is 21.6. The van der Waals surface area contributed by atoms with E-state index in [2.05, 4.69) is 0 Å². The Morgan fingerprint density at radius 2 is 1.67 bits per heavy atom. The highest BCUT2D eigenvalue weighted by Gasteiger charge is 2.68. The molecule has 2 amide bonds. The minimum absolute atomic E-state index is 0.323. The Morgan fingerprint density at radius 3 is 2.30 bits per heavy atom. The van der Waals surface area contributed by atoms with E-state index in [-0.39, 0.29) is 5.91 Å². The lowest BCUT2D eigenvalue weighted by Crippen LogP contribution is -2.41. The fourth-order valence-corrected chi connectivity index (χ4v) is 4.85. The molecule has 2 aliphatic heterocycles. The Bertz CT molecular complexity index is 1230. The van der Waals surface area contributed by atoms with Crippen LogP contribution in [0.2, 0.25) is 5.02 Å². The second-order valence-electron chi connectivity index (χ2n) is 8.52. The lowest BCUT2D eigenvalue weighted by atomic mass is 9.76. The zero-order valence-electron chi connectivity index (χ0n) is 18.5. The first-order valence-corrected chi connectivity index (χ1v) is 11.0. The SMILES string of the molecule is COc1ccc([C@H]2N(c3ccccc3)O[C@@H]3C(=O)N(c4ccc(C)c(Cl)c4)C(=O)[C@@]32C)cc1. The predicted molar refractivity (Wildman–Crippen MR) is 126 cm³/mol. The number of para-hydroxylation sites is 1. The Balaban J connectivity index is 1.63. The summed E-state index contributed by atoms with van der Waals surface area (Å²) in [6.07, 6.45) is -0.975. The van der Waals surface area contributed by atoms with Gasteiger partial charge in [0.2, 0.25) is 5.91 Å². The minimum Gasteiger partial charge on any atom is -0.497 e. The van der Waals surface area contributed by atoms with Gasteiger partial charge in [-0.25, -0.2) is 9.96 Å². The maximum Gasteiger partial charge on any atom is 0.266 e. The molecule has 0 aliphatic carbocycles. The Morgan fingerprint density at radius 1 is 0.970 bits per heavy atom. The van der Waals surface area contributed by atoms with Gasteiger partial charge in [-0.15, -0.1) is 0 Å². The molecule has 7 heteroatoms. The number of carbonyl (C=O) groups is 2. The van der Waals surface area contributed by atoms with Crippen LogP contribution in [0.5, 0.6) is 5.75 Å². The number of hydrogen-bond acceptors (Lipinski definition) is 5. The van der Waals surface area contributed by atoms with Gasteiger partial charge >= 0.3 is 0 Å². The molecule has 0 spiro atoms. The van der Waals surface area contributed by atoms with Crippen molar-refractivity contribution in [2.75, 3.05) is 17.1 Å². The molecule has 0 saturated carbocycles. The van der Waals surface area contributed by atoms with E-state index in [1.807, 2.05) is 61.5 Å². The van der Waals surface area contributed by atoms with Gasteiger partial charge in [0.15, 0.2) is 6.10 Å². The largest absolute Gasteiger partial charge is 0.497 e. The molecule has 2 heterocycles. The number of benzene rings is 3. The first-order valence-electron chi connectivity index (χ1n) is 10.7. The average molecular weight is 463 g/mol. The summed E-state index contributed by atoms with van der Waals surface area (Å²) in [4.78, 5) is 34.9. The monoisotopic (exact) mass is 462 g/mol. The van der Waals surface area contributed by atoms with E-state index in [4.69, 9.17) is 21.2 Å². The molecule has 0 aromatic heterocycles. The van der Waals surface area contributed by atoms with Gasteiger partial charge in [-0.05, 0) is 61.4 Å². The Labute approximate surface area is 197 Å². The van der Waals surface area contributed by atoms with Crippen LogP contribution in [0.4, 0.5) is 11.4 Å². The van der Waals surface area contributed by atoms with Crippen LogP contribution in [0.1, 0.15) is 24.1 Å². The minimum atomic E-state index is -1.15. The summed E-state index contributed by atoms with van der Waals surface area (Å²) in [5.74, 6) is -0.0218. The molecule has 3 atom stereocenters. The molecule has 0 unspecified atom stereocenters. The summed E-state index contributed by atoms with van der Waals surface area (Å²) in [5, 5.41) is 2.18. The molecule has 0 bridgehead atoms. The number of anilines is 2. The first-order chi connectivity index (χ1) is 15.9. The summed E-state index contributed by atoms with van der Waals surface area (Å²) in [5.41, 5.74) is 1.76. The Hall–Kier alpha value is -3.35. The van der Waals surface area contributed by atoms with Gasteiger partial charge in [-0.2, -0.15) is 0 Å². The maximum absolute atomic E-state index is 13.9. The van der Waals surface area contributed by atoms with Gasteiger partial charge in [0.25, 0.3) is 5.91 Å². The fraction of sp³-hybridized carbons (Fsp3) is 0.231. The number of methoxy groups -OCH3 is 1. The molecule has 168 valence electrons. The van der Waals surface area contributed by atoms with Gasteiger partial charge < -0.3 is 4.74 Å². The molecule has 33 heavy (non-hydrogen) atoms. The molecule has 2 fully saturated rings. The first kappa shape index (κ1) is 21.5. The van der Waals surface area contributed by atoms with Gasteiger partial charge in [0, 0.05) is 5.02 Å². The van der Waals surface area contributed by atoms with Crippen molar-refractivity contribution in [3.05, 3.63) is 88.9 Å². The maximum atomic E-state index is 13.9. The van der Waals surface area contributed by atoms with E-state index in [0.29, 0.717) is 16.5 Å². The second kappa shape index (κ2) is 7.90. The number of fused-ring (bicyclic) bond motifs is 1. The van der Waals surface area contributed by atoms with Crippen LogP contribution in [0.3, 0.4) is 0 Å². The molecule has 2 saturated heterocycles. The third kappa shape index (κ3) is 3.21. The highest BCUT2D eigenvalue weighted by atomic mass is 35.5. The van der Waals surface area contributed by atoms with Crippen LogP contribution in [0.25, 0.3) is 0 Å². The molecule has 3 aromatic carbocycles. The van der Waals surface area contributed by atoms with Crippen molar-refractivity contribution in [3.8, 4) is 5.75 Å². The van der Waals surface area contributed by atoms with E-state index in [1.165, 1.54) is 4.90 Å². The summed E-state index contributed by atoms with van der Waals surface area (Å²) < 4.78 is 5.30. The quantitative estimate of drug-likeness (QED) is 0.505. The Kier molecular flexibility index (Phi) is 5.15. The number of ether oxygens (including phenoxy) is 1. The van der Waals surface area contributed by atoms with Crippen molar-refractivity contribution in [1.29, 1.82) is 0 Å². The lowest BCUT2D eigenvalue weighted by molar-refractivity contribution is -0.128. The number of nitrogens with zero attached hydrogens (tertiary/aromatic N) is 2. The van der Waals surface area contributed by atoms with Crippen LogP contribution in [-0.2, 0) is 14.4 Å². The molecule has 2 aliphatic rings. The van der Waals surface area contributed by atoms with Crippen LogP contribution in [0.15, 0.2) is 72.8 Å². The van der Waals surface area contributed by atoms with E-state index < -0.39 is 23.5 Å². The number of imide groups is 1. The third-order valence-corrected chi connectivity index (χ3v) is 6.94. The summed E-state index contributed by atoms with van der Waals surface area (Å²) in [7, 11) is 1.60. The lowest BCUT2D eigenvalue weighted by Gasteiger charge is -2.32. The third-order valence-electron chi connectivity index (χ3n) is 6.53. The molecular weight excluding hydrogens is 440 g/mol. The van der Waals surface area contributed by atoms with Crippen molar-refractivity contribution in [1.82, 2.24) is 0 Å². The van der Waals surface area contributed by atoms with Crippen molar-refractivity contribution in [2.45, 2.75) is 26.0 Å². The van der Waals surface area contributed by atoms with E-state index >= 15 is 0 Å². The van der Waals surface area contributed by atoms with Crippen molar-refractivity contribution < 1.29 is 19.2 Å². The standard InChI is InChI=1S/C26H23ClN2O4/c1-16-9-12-19(15-21(16)27)28-24(30)23-26(2,25(28)31)22(17-10-13-20(32-3)14-11-17)29(33-23)18-7-5-4-6-8-18/h4-15,22-23H,1-3H3/t22-,23-,26-/m1/s1. The zero-order chi connectivity index (χ0) is 23.3. The molecule has 0 N–H and O–H groups in total. The summed E-state index contributed by atoms with van der Waals surface area (Å²) in [6.45, 7) is 3.67. The number of hydroxylamine groups is 1. The average Bonchev–Trinajstić information content (AvgIpc) is 3.24. The van der Waals surface area contributed by atoms with Gasteiger partial charge in [0.1, 0.15) is 11.2 Å². The van der Waals surface area contributed by atoms with Crippen LogP contribution >= 0.6 is 11.6 Å². The number of rotatable bonds is 4. The molecule has 0 radical (unpaired) electrons. The number of aryl methyl sites for hydroxylation is 1. The molecule has 5 rings (SSSR count). The van der Waals surface area contributed by atoms with E-state index in [9.17, 15) is 9.59 Å². The number of hydrogen-bond donors (Lipinski definition) is 0. The second-order valence-corrected chi connectivity index (χ2v) is 8.92. The predicted octanol–water partition coefficient (Wildman–Crippen LogP) is 5.10. The van der Waals surface area contributed by atoms with Crippen LogP contribution in [0, 0.1) is 12.3 Å². The number of halogens is 1. The number of carbonyl (C=O) groups excluding carboxylic acids is 2. The van der Waals surface area contributed by atoms with Crippen molar-refractivity contribution >= 4 is 34.8 Å². The van der Waals surface area contributed by atoms with E-state index in [1.54, 1.807) is 37.3 Å². The van der Waals surface area contributed by atoms with Gasteiger partial charge in [0.05, 0.1) is 24.5 Å². The van der Waals surface area contributed by atoms with Crippen molar-refractivity contribution in [2.24, 2.45) is 5.41 Å². The molecule has 6 nitrogen and oxygen atoms in total. The smallest absolute Gasteiger partial charge is 0.266 e. The zero-order valence-corrected chi connectivity index (χ0v) is 19.2. The number of amides is 2. The van der Waals surface area contributed by atoms with Crippen LogP contribution < -0.4 is 14.7 Å². The highest BCUT2D eigenvalue weighted by molar-refractivity contribution is 6.32. The normalized spacial score (nSPS) is 24.4. The molecular formula is C26H23ClN2O4. The highest BCUT2D eigenvalue weighted by Crippen LogP contribution is 2.55. The van der Waals surface area contributed by atoms with Gasteiger partial charge in [-0.3, -0.25) is 14.4 Å². The van der Waals surface area contributed by atoms with Crippen molar-refractivity contribution in [3.63, 3.8) is 0 Å². The van der Waals surface area contributed by atoms with Crippen LogP contribution in [-0.4, -0.2) is 25.0 Å². The topological polar surface area (TPSA) is 59.1 Å². The fourth-order valence-electron chi connectivity index (χ4n) is 4.68. The summed E-state index contributed by atoms with van der Waals surface area (Å²) >= 11 is 6.30. The molecule has 3 aromatic rings. The van der Waals surface area contributed by atoms with Gasteiger partial charge in [-0.1, -0.05) is 48.0 Å². The van der Waals surface area contributed by atoms with E-state index in [0.717, 1.165) is 16.8 Å².